The van der Waals surface area contributed by atoms with E-state index in [9.17, 15) is 18.0 Å². The highest BCUT2D eigenvalue weighted by molar-refractivity contribution is 5.84. The monoisotopic (exact) mass is 246 g/mol. The molecule has 1 aromatic rings. The lowest BCUT2D eigenvalue weighted by atomic mass is 10.2. The van der Waals surface area contributed by atoms with Gasteiger partial charge in [0.05, 0.1) is 17.4 Å². The summed E-state index contributed by atoms with van der Waals surface area (Å²) in [5.41, 5.74) is -0.691. The van der Waals surface area contributed by atoms with E-state index in [1.807, 2.05) is 0 Å². The van der Waals surface area contributed by atoms with Crippen LogP contribution in [0.1, 0.15) is 19.4 Å². The van der Waals surface area contributed by atoms with Crippen molar-refractivity contribution in [3.63, 3.8) is 0 Å². The Morgan fingerprint density at radius 1 is 1.41 bits per heavy atom. The van der Waals surface area contributed by atoms with Crippen molar-refractivity contribution >= 4 is 11.8 Å². The fourth-order valence-corrected chi connectivity index (χ4v) is 1.03. The van der Waals surface area contributed by atoms with Crippen LogP contribution in [0.4, 0.5) is 23.7 Å². The standard InChI is InChI=1S/C11H11F3NO2/c1-7(2)17-10(16)15-9-5-3-8(4-6-9)11(12,13)14/h3-5,7H,1-2H3,(H,15,16). The van der Waals surface area contributed by atoms with Crippen LogP contribution >= 0.6 is 0 Å². The van der Waals surface area contributed by atoms with Gasteiger partial charge in [0.25, 0.3) is 0 Å². The van der Waals surface area contributed by atoms with Crippen molar-refractivity contribution in [1.29, 1.82) is 0 Å². The number of nitrogens with one attached hydrogen (secondary N) is 1. The molecule has 0 aliphatic heterocycles. The molecule has 0 spiro atoms. The van der Waals surface area contributed by atoms with Crippen LogP contribution in [0.25, 0.3) is 0 Å². The summed E-state index contributed by atoms with van der Waals surface area (Å²) in [6.45, 7) is 3.33. The van der Waals surface area contributed by atoms with Crippen LogP contribution in [-0.4, -0.2) is 12.2 Å². The lowest BCUT2D eigenvalue weighted by molar-refractivity contribution is -0.137. The smallest absolute Gasteiger partial charge is 0.416 e. The van der Waals surface area contributed by atoms with Crippen LogP contribution in [0.3, 0.4) is 0 Å². The Morgan fingerprint density at radius 3 is 2.47 bits per heavy atom. The molecule has 1 rings (SSSR count). The van der Waals surface area contributed by atoms with Crippen molar-refractivity contribution < 1.29 is 22.7 Å². The van der Waals surface area contributed by atoms with E-state index in [0.29, 0.717) is 0 Å². The first-order chi connectivity index (χ1) is 7.79. The molecule has 1 amide bonds. The first-order valence-corrected chi connectivity index (χ1v) is 4.85. The third kappa shape index (κ3) is 4.34. The van der Waals surface area contributed by atoms with Gasteiger partial charge < -0.3 is 4.74 Å². The summed E-state index contributed by atoms with van der Waals surface area (Å²) in [4.78, 5) is 11.1. The zero-order valence-electron chi connectivity index (χ0n) is 9.26. The lowest BCUT2D eigenvalue weighted by Crippen LogP contribution is -2.18. The predicted octanol–water partition coefficient (Wildman–Crippen LogP) is 3.46. The molecule has 0 aliphatic rings. The molecule has 0 unspecified atom stereocenters. The van der Waals surface area contributed by atoms with Crippen LogP contribution in [0.15, 0.2) is 18.2 Å². The number of carbonyl (C=O) groups is 1. The zero-order valence-corrected chi connectivity index (χ0v) is 9.26. The lowest BCUT2D eigenvalue weighted by Gasteiger charge is -2.10. The van der Waals surface area contributed by atoms with Crippen molar-refractivity contribution in [1.82, 2.24) is 0 Å². The van der Waals surface area contributed by atoms with Crippen molar-refractivity contribution in [2.45, 2.75) is 26.1 Å². The van der Waals surface area contributed by atoms with Gasteiger partial charge in [-0.1, -0.05) is 0 Å². The summed E-state index contributed by atoms with van der Waals surface area (Å²) >= 11 is 0. The van der Waals surface area contributed by atoms with E-state index in [1.54, 1.807) is 13.8 Å². The maximum Gasteiger partial charge on any atom is 0.416 e. The summed E-state index contributed by atoms with van der Waals surface area (Å²) < 4.78 is 41.4. The first kappa shape index (κ1) is 13.3. The Labute approximate surface area is 96.6 Å². The van der Waals surface area contributed by atoms with E-state index in [-0.39, 0.29) is 11.8 Å². The van der Waals surface area contributed by atoms with E-state index in [1.165, 1.54) is 0 Å². The van der Waals surface area contributed by atoms with Crippen molar-refractivity contribution in [2.24, 2.45) is 0 Å². The SMILES string of the molecule is CC(C)OC(=O)Nc1[c]cc(C(F)(F)F)cc1. The van der Waals surface area contributed by atoms with Gasteiger partial charge in [0, 0.05) is 6.07 Å². The molecular weight excluding hydrogens is 235 g/mol. The number of hydrogen-bond donors (Lipinski definition) is 1. The number of anilines is 1. The number of amides is 1. The molecule has 3 nitrogen and oxygen atoms in total. The number of benzene rings is 1. The number of carbonyl (C=O) groups excluding carboxylic acids is 1. The van der Waals surface area contributed by atoms with Gasteiger partial charge in [0.1, 0.15) is 0 Å². The second kappa shape index (κ2) is 5.07. The van der Waals surface area contributed by atoms with E-state index in [2.05, 4.69) is 11.4 Å². The normalized spacial score (nSPS) is 11.4. The summed E-state index contributed by atoms with van der Waals surface area (Å²) in [7, 11) is 0. The van der Waals surface area contributed by atoms with Gasteiger partial charge >= 0.3 is 12.3 Å². The van der Waals surface area contributed by atoms with Crippen molar-refractivity contribution in [3.8, 4) is 0 Å². The van der Waals surface area contributed by atoms with Crippen molar-refractivity contribution in [2.75, 3.05) is 5.32 Å². The minimum absolute atomic E-state index is 0.128. The van der Waals surface area contributed by atoms with E-state index >= 15 is 0 Å². The molecule has 0 saturated carbocycles. The van der Waals surface area contributed by atoms with E-state index in [0.717, 1.165) is 18.2 Å². The molecule has 0 aromatic heterocycles. The summed E-state index contributed by atoms with van der Waals surface area (Å²) in [5, 5.41) is 2.27. The molecular formula is C11H11F3NO2. The molecule has 1 N–H and O–H groups in total. The largest absolute Gasteiger partial charge is 0.447 e. The third-order valence-corrected chi connectivity index (χ3v) is 1.72. The quantitative estimate of drug-likeness (QED) is 0.867. The Morgan fingerprint density at radius 2 is 2.06 bits per heavy atom. The Hall–Kier alpha value is -1.72. The highest BCUT2D eigenvalue weighted by atomic mass is 19.4. The number of alkyl halides is 3. The molecule has 0 atom stereocenters. The van der Waals surface area contributed by atoms with Gasteiger partial charge in [-0.15, -0.1) is 0 Å². The molecule has 6 heteroatoms. The average Bonchev–Trinajstić information content (AvgIpc) is 2.15. The minimum atomic E-state index is -4.41. The Balaban J connectivity index is 2.66. The maximum atomic E-state index is 12.2. The predicted molar refractivity (Wildman–Crippen MR) is 55.5 cm³/mol. The number of hydrogen-bond acceptors (Lipinski definition) is 2. The molecule has 0 bridgehead atoms. The molecule has 0 heterocycles. The highest BCUT2D eigenvalue weighted by Gasteiger charge is 2.30. The van der Waals surface area contributed by atoms with E-state index < -0.39 is 17.8 Å². The number of ether oxygens (including phenoxy) is 1. The number of rotatable bonds is 2. The van der Waals surface area contributed by atoms with Crippen LogP contribution in [0.5, 0.6) is 0 Å². The van der Waals surface area contributed by atoms with Crippen LogP contribution in [0, 0.1) is 6.07 Å². The topological polar surface area (TPSA) is 38.3 Å². The molecule has 17 heavy (non-hydrogen) atoms. The molecule has 0 saturated heterocycles. The van der Waals surface area contributed by atoms with Gasteiger partial charge in [-0.3, -0.25) is 5.32 Å². The fraction of sp³-hybridized carbons (Fsp3) is 0.364. The summed E-state index contributed by atoms with van der Waals surface area (Å²) in [5.74, 6) is 0. The molecule has 1 radical (unpaired) electrons. The van der Waals surface area contributed by atoms with E-state index in [4.69, 9.17) is 4.74 Å². The van der Waals surface area contributed by atoms with Crippen molar-refractivity contribution in [3.05, 3.63) is 29.8 Å². The van der Waals surface area contributed by atoms with Crippen LogP contribution in [0.2, 0.25) is 0 Å². The average molecular weight is 246 g/mol. The Bertz CT molecular complexity index is 385. The maximum absolute atomic E-state index is 12.2. The van der Waals surface area contributed by atoms with Gasteiger partial charge in [-0.25, -0.2) is 4.79 Å². The van der Waals surface area contributed by atoms with Crippen LogP contribution in [-0.2, 0) is 10.9 Å². The summed E-state index contributed by atoms with van der Waals surface area (Å²) in [6.07, 6.45) is -5.44. The van der Waals surface area contributed by atoms with Gasteiger partial charge in [0.15, 0.2) is 0 Å². The fourth-order valence-electron chi connectivity index (χ4n) is 1.03. The zero-order chi connectivity index (χ0) is 13.1. The molecule has 0 fully saturated rings. The molecule has 93 valence electrons. The second-order valence-electron chi connectivity index (χ2n) is 3.57. The Kier molecular flexibility index (Phi) is 3.98. The minimum Gasteiger partial charge on any atom is -0.447 e. The first-order valence-electron chi connectivity index (χ1n) is 4.85. The highest BCUT2D eigenvalue weighted by Crippen LogP contribution is 2.29. The third-order valence-electron chi connectivity index (χ3n) is 1.72. The second-order valence-corrected chi connectivity index (χ2v) is 3.57. The van der Waals surface area contributed by atoms with Gasteiger partial charge in [0.2, 0.25) is 0 Å². The molecule has 0 aliphatic carbocycles. The van der Waals surface area contributed by atoms with Gasteiger partial charge in [-0.05, 0) is 32.0 Å². The summed E-state index contributed by atoms with van der Waals surface area (Å²) in [6, 6.07) is 5.06. The number of halogens is 3. The molecule has 1 aromatic carbocycles. The van der Waals surface area contributed by atoms with Crippen LogP contribution < -0.4 is 5.32 Å². The van der Waals surface area contributed by atoms with Gasteiger partial charge in [-0.2, -0.15) is 13.2 Å².